The molecule has 1 aliphatic rings. The minimum absolute atomic E-state index is 0.449. The Kier molecular flexibility index (Phi) is 3.56. The lowest BCUT2D eigenvalue weighted by Gasteiger charge is -2.20. The van der Waals surface area contributed by atoms with Crippen LogP contribution >= 0.6 is 0 Å². The first-order valence-corrected chi connectivity index (χ1v) is 5.85. The summed E-state index contributed by atoms with van der Waals surface area (Å²) in [7, 11) is 0. The van der Waals surface area contributed by atoms with Gasteiger partial charge in [-0.15, -0.1) is 0 Å². The molecule has 0 radical (unpaired) electrons. The fraction of sp³-hybridized carbons (Fsp3) is 0.636. The van der Waals surface area contributed by atoms with E-state index in [-0.39, 0.29) is 0 Å². The Labute approximate surface area is 95.8 Å². The van der Waals surface area contributed by atoms with Crippen LogP contribution in [0.4, 0.5) is 11.6 Å². The predicted molar refractivity (Wildman–Crippen MR) is 64.9 cm³/mol. The molecule has 1 aliphatic carbocycles. The van der Waals surface area contributed by atoms with Crippen molar-refractivity contribution in [1.29, 1.82) is 0 Å². The van der Waals surface area contributed by atoms with E-state index >= 15 is 0 Å². The van der Waals surface area contributed by atoms with E-state index in [1.54, 1.807) is 12.4 Å². The van der Waals surface area contributed by atoms with Crippen molar-refractivity contribution in [3.05, 3.63) is 12.4 Å². The van der Waals surface area contributed by atoms with Crippen molar-refractivity contribution in [2.45, 2.75) is 38.6 Å². The summed E-state index contributed by atoms with van der Waals surface area (Å²) in [4.78, 5) is 8.36. The lowest BCUT2D eigenvalue weighted by molar-refractivity contribution is 0.481. The lowest BCUT2D eigenvalue weighted by atomic mass is 10.00. The molecule has 1 fully saturated rings. The zero-order chi connectivity index (χ0) is 11.4. The molecule has 0 aliphatic heterocycles. The molecule has 1 heterocycles. The number of hydrogen-bond donors (Lipinski definition) is 3. The maximum absolute atomic E-state index is 5.29. The summed E-state index contributed by atoms with van der Waals surface area (Å²) in [5.74, 6) is 7.43. The summed E-state index contributed by atoms with van der Waals surface area (Å²) >= 11 is 0. The highest BCUT2D eigenvalue weighted by Crippen LogP contribution is 2.28. The van der Waals surface area contributed by atoms with Crippen LogP contribution in [0.3, 0.4) is 0 Å². The largest absolute Gasteiger partial charge is 0.366 e. The van der Waals surface area contributed by atoms with Gasteiger partial charge in [-0.25, -0.2) is 10.8 Å². The smallest absolute Gasteiger partial charge is 0.160 e. The number of hydrogen-bond acceptors (Lipinski definition) is 5. The van der Waals surface area contributed by atoms with Crippen LogP contribution in [0, 0.1) is 5.92 Å². The summed E-state index contributed by atoms with van der Waals surface area (Å²) < 4.78 is 0. The number of rotatable bonds is 4. The molecule has 2 rings (SSSR count). The molecule has 88 valence electrons. The van der Waals surface area contributed by atoms with Gasteiger partial charge in [0.25, 0.3) is 0 Å². The number of hydrazine groups is 1. The first-order chi connectivity index (χ1) is 7.79. The van der Waals surface area contributed by atoms with E-state index in [4.69, 9.17) is 5.84 Å². The second-order valence-electron chi connectivity index (χ2n) is 4.41. The van der Waals surface area contributed by atoms with Crippen LogP contribution in [0.2, 0.25) is 0 Å². The summed E-state index contributed by atoms with van der Waals surface area (Å²) in [6.07, 6.45) is 8.67. The summed E-state index contributed by atoms with van der Waals surface area (Å²) in [6.45, 7) is 2.21. The average Bonchev–Trinajstić information content (AvgIpc) is 2.83. The third-order valence-corrected chi connectivity index (χ3v) is 3.26. The average molecular weight is 221 g/mol. The monoisotopic (exact) mass is 221 g/mol. The summed E-state index contributed by atoms with van der Waals surface area (Å²) in [5, 5.41) is 3.39. The highest BCUT2D eigenvalue weighted by Gasteiger charge is 2.21. The van der Waals surface area contributed by atoms with Crippen molar-refractivity contribution >= 4 is 11.6 Å². The molecule has 0 spiro atoms. The van der Waals surface area contributed by atoms with Gasteiger partial charge in [0.05, 0.1) is 12.4 Å². The highest BCUT2D eigenvalue weighted by molar-refractivity contribution is 5.41. The van der Waals surface area contributed by atoms with E-state index in [1.165, 1.54) is 25.7 Å². The topological polar surface area (TPSA) is 75.9 Å². The molecule has 0 bridgehead atoms. The second-order valence-corrected chi connectivity index (χ2v) is 4.41. The summed E-state index contributed by atoms with van der Waals surface area (Å²) in [5.41, 5.74) is 2.50. The Morgan fingerprint density at radius 2 is 2.00 bits per heavy atom. The Morgan fingerprint density at radius 1 is 1.31 bits per heavy atom. The van der Waals surface area contributed by atoms with Crippen molar-refractivity contribution in [3.63, 3.8) is 0 Å². The molecule has 0 aromatic carbocycles. The van der Waals surface area contributed by atoms with E-state index in [1.807, 2.05) is 0 Å². The Morgan fingerprint density at radius 3 is 2.69 bits per heavy atom. The van der Waals surface area contributed by atoms with Crippen molar-refractivity contribution in [2.24, 2.45) is 11.8 Å². The third-order valence-electron chi connectivity index (χ3n) is 3.26. The first-order valence-electron chi connectivity index (χ1n) is 5.85. The number of nitrogens with two attached hydrogens (primary N) is 1. The van der Waals surface area contributed by atoms with Gasteiger partial charge in [0.2, 0.25) is 0 Å². The van der Waals surface area contributed by atoms with Crippen molar-refractivity contribution in [1.82, 2.24) is 9.97 Å². The number of nitrogens with one attached hydrogen (secondary N) is 2. The molecule has 1 unspecified atom stereocenters. The SMILES string of the molecule is CC(Nc1cncc(NN)n1)C1CCCC1. The van der Waals surface area contributed by atoms with Gasteiger partial charge in [-0.05, 0) is 25.7 Å². The Balaban J connectivity index is 1.96. The highest BCUT2D eigenvalue weighted by atomic mass is 15.3. The first kappa shape index (κ1) is 11.1. The molecule has 0 saturated heterocycles. The minimum atomic E-state index is 0.449. The molecule has 0 amide bonds. The number of nitrogens with zero attached hydrogens (tertiary/aromatic N) is 2. The number of anilines is 2. The molecule has 4 N–H and O–H groups in total. The molecule has 5 nitrogen and oxygen atoms in total. The quantitative estimate of drug-likeness (QED) is 0.533. The zero-order valence-electron chi connectivity index (χ0n) is 9.61. The maximum atomic E-state index is 5.29. The van der Waals surface area contributed by atoms with Crippen LogP contribution in [0.15, 0.2) is 12.4 Å². The van der Waals surface area contributed by atoms with Crippen molar-refractivity contribution in [2.75, 3.05) is 10.7 Å². The third kappa shape index (κ3) is 2.61. The van der Waals surface area contributed by atoms with E-state index in [0.29, 0.717) is 11.9 Å². The van der Waals surface area contributed by atoms with Gasteiger partial charge in [-0.1, -0.05) is 12.8 Å². The van der Waals surface area contributed by atoms with E-state index < -0.39 is 0 Å². The van der Waals surface area contributed by atoms with Crippen LogP contribution in [0.25, 0.3) is 0 Å². The molecule has 1 atom stereocenters. The molecular formula is C11H19N5. The number of aromatic nitrogens is 2. The van der Waals surface area contributed by atoms with E-state index in [9.17, 15) is 0 Å². The molecule has 1 aromatic heterocycles. The Bertz CT molecular complexity index is 335. The lowest BCUT2D eigenvalue weighted by Crippen LogP contribution is -2.24. The van der Waals surface area contributed by atoms with E-state index in [0.717, 1.165) is 11.7 Å². The maximum Gasteiger partial charge on any atom is 0.160 e. The van der Waals surface area contributed by atoms with Crippen LogP contribution in [-0.4, -0.2) is 16.0 Å². The fourth-order valence-corrected chi connectivity index (χ4v) is 2.31. The van der Waals surface area contributed by atoms with Gasteiger partial charge >= 0.3 is 0 Å². The van der Waals surface area contributed by atoms with Crippen LogP contribution in [0.1, 0.15) is 32.6 Å². The Hall–Kier alpha value is -1.36. The van der Waals surface area contributed by atoms with Crippen LogP contribution in [0.5, 0.6) is 0 Å². The molecule has 16 heavy (non-hydrogen) atoms. The fourth-order valence-electron chi connectivity index (χ4n) is 2.31. The standard InChI is InChI=1S/C11H19N5/c1-8(9-4-2-3-5-9)14-10-6-13-7-11(15-10)16-12/h6-9H,2-5,12H2,1H3,(H2,14,15,16). The predicted octanol–water partition coefficient (Wildman–Crippen LogP) is 1.75. The van der Waals surface area contributed by atoms with Gasteiger partial charge in [0.15, 0.2) is 5.82 Å². The van der Waals surface area contributed by atoms with E-state index in [2.05, 4.69) is 27.6 Å². The summed E-state index contributed by atoms with van der Waals surface area (Å²) in [6, 6.07) is 0.449. The van der Waals surface area contributed by atoms with Crippen molar-refractivity contribution in [3.8, 4) is 0 Å². The molecule has 5 heteroatoms. The van der Waals surface area contributed by atoms with Gasteiger partial charge < -0.3 is 10.7 Å². The minimum Gasteiger partial charge on any atom is -0.366 e. The van der Waals surface area contributed by atoms with Crippen molar-refractivity contribution < 1.29 is 0 Å². The zero-order valence-corrected chi connectivity index (χ0v) is 9.61. The van der Waals surface area contributed by atoms with Crippen LogP contribution < -0.4 is 16.6 Å². The van der Waals surface area contributed by atoms with Gasteiger partial charge in [-0.3, -0.25) is 4.98 Å². The van der Waals surface area contributed by atoms with Crippen LogP contribution in [-0.2, 0) is 0 Å². The van der Waals surface area contributed by atoms with Gasteiger partial charge in [0.1, 0.15) is 5.82 Å². The number of nitrogen functional groups attached to an aromatic ring is 1. The van der Waals surface area contributed by atoms with Gasteiger partial charge in [-0.2, -0.15) is 0 Å². The molecule has 1 saturated carbocycles. The normalized spacial score (nSPS) is 18.4. The van der Waals surface area contributed by atoms with Gasteiger partial charge in [0, 0.05) is 6.04 Å². The molecule has 1 aromatic rings. The molecular weight excluding hydrogens is 202 g/mol. The second kappa shape index (κ2) is 5.12.